The van der Waals surface area contributed by atoms with Gasteiger partial charge in [0.15, 0.2) is 0 Å². The van der Waals surface area contributed by atoms with Crippen molar-refractivity contribution in [3.05, 3.63) is 23.7 Å². The highest BCUT2D eigenvalue weighted by atomic mass is 16.3. The van der Waals surface area contributed by atoms with Crippen molar-refractivity contribution in [3.63, 3.8) is 0 Å². The van der Waals surface area contributed by atoms with Gasteiger partial charge >= 0.3 is 6.03 Å². The van der Waals surface area contributed by atoms with Gasteiger partial charge in [0.05, 0.1) is 18.7 Å². The Morgan fingerprint density at radius 2 is 2.30 bits per heavy atom. The van der Waals surface area contributed by atoms with Crippen LogP contribution in [0, 0.1) is 0 Å². The fraction of sp³-hybridized carbons (Fsp3) is 0.462. The monoisotopic (exact) mass is 277 g/mol. The molecule has 1 aromatic heterocycles. The van der Waals surface area contributed by atoms with Gasteiger partial charge in [-0.05, 0) is 18.9 Å². The third-order valence-electron chi connectivity index (χ3n) is 3.64. The molecule has 0 bridgehead atoms. The number of carbonyl (C=O) groups excluding carboxylic acids is 3. The van der Waals surface area contributed by atoms with Crippen molar-refractivity contribution in [1.29, 1.82) is 0 Å². The fourth-order valence-corrected chi connectivity index (χ4v) is 2.68. The van der Waals surface area contributed by atoms with Gasteiger partial charge in [0.25, 0.3) is 5.91 Å². The van der Waals surface area contributed by atoms with Gasteiger partial charge in [-0.2, -0.15) is 0 Å². The van der Waals surface area contributed by atoms with E-state index in [2.05, 4.69) is 16.0 Å². The van der Waals surface area contributed by atoms with Crippen LogP contribution in [0.4, 0.5) is 4.79 Å². The number of carbonyl (C=O) groups is 3. The number of aryl methyl sites for hydroxylation is 1. The molecule has 106 valence electrons. The summed E-state index contributed by atoms with van der Waals surface area (Å²) in [5.74, 6) is 0.192. The topological polar surface area (TPSA) is 100 Å². The van der Waals surface area contributed by atoms with Crippen LogP contribution in [0.25, 0.3) is 0 Å². The van der Waals surface area contributed by atoms with Crippen molar-refractivity contribution >= 4 is 17.8 Å². The lowest BCUT2D eigenvalue weighted by molar-refractivity contribution is -0.126. The summed E-state index contributed by atoms with van der Waals surface area (Å²) >= 11 is 0. The van der Waals surface area contributed by atoms with Crippen LogP contribution in [0.3, 0.4) is 0 Å². The fourth-order valence-electron chi connectivity index (χ4n) is 2.68. The maximum atomic E-state index is 12.0. The first-order chi connectivity index (χ1) is 9.63. The highest BCUT2D eigenvalue weighted by molar-refractivity contribution is 6.05. The van der Waals surface area contributed by atoms with Gasteiger partial charge in [0, 0.05) is 12.0 Å². The lowest BCUT2D eigenvalue weighted by Crippen LogP contribution is -2.38. The average Bonchev–Trinajstić information content (AvgIpc) is 2.97. The SMILES string of the molecule is O=C(C[C@@H]1NC(=O)NC1=O)N[C@H]1CCCc2occc21. The molecule has 3 rings (SSSR count). The highest BCUT2D eigenvalue weighted by Crippen LogP contribution is 2.30. The van der Waals surface area contributed by atoms with Crippen LogP contribution in [-0.2, 0) is 16.0 Å². The largest absolute Gasteiger partial charge is 0.469 e. The summed E-state index contributed by atoms with van der Waals surface area (Å²) in [7, 11) is 0. The first-order valence-electron chi connectivity index (χ1n) is 6.60. The van der Waals surface area contributed by atoms with Crippen molar-refractivity contribution in [2.45, 2.75) is 37.8 Å². The van der Waals surface area contributed by atoms with E-state index in [4.69, 9.17) is 4.42 Å². The lowest BCUT2D eigenvalue weighted by Gasteiger charge is -2.23. The molecule has 2 aliphatic rings. The number of fused-ring (bicyclic) bond motifs is 1. The summed E-state index contributed by atoms with van der Waals surface area (Å²) < 4.78 is 5.36. The number of imide groups is 1. The Morgan fingerprint density at radius 1 is 1.45 bits per heavy atom. The Hall–Kier alpha value is -2.31. The van der Waals surface area contributed by atoms with E-state index in [-0.39, 0.29) is 18.4 Å². The molecule has 1 aliphatic carbocycles. The van der Waals surface area contributed by atoms with Crippen LogP contribution >= 0.6 is 0 Å². The number of urea groups is 1. The lowest BCUT2D eigenvalue weighted by atomic mass is 9.93. The molecule has 0 unspecified atom stereocenters. The van der Waals surface area contributed by atoms with Gasteiger partial charge in [-0.25, -0.2) is 4.79 Å². The van der Waals surface area contributed by atoms with Gasteiger partial charge in [-0.3, -0.25) is 14.9 Å². The van der Waals surface area contributed by atoms with E-state index in [0.29, 0.717) is 0 Å². The second kappa shape index (κ2) is 4.99. The van der Waals surface area contributed by atoms with Gasteiger partial charge in [0.2, 0.25) is 5.91 Å². The van der Waals surface area contributed by atoms with Gasteiger partial charge in [-0.15, -0.1) is 0 Å². The van der Waals surface area contributed by atoms with Crippen LogP contribution in [0.5, 0.6) is 0 Å². The summed E-state index contributed by atoms with van der Waals surface area (Å²) in [6.07, 6.45) is 4.25. The zero-order chi connectivity index (χ0) is 14.1. The Labute approximate surface area is 115 Å². The predicted octanol–water partition coefficient (Wildman–Crippen LogP) is 0.371. The van der Waals surface area contributed by atoms with E-state index in [1.165, 1.54) is 0 Å². The van der Waals surface area contributed by atoms with Crippen molar-refractivity contribution < 1.29 is 18.8 Å². The number of hydrogen-bond donors (Lipinski definition) is 3. The quantitative estimate of drug-likeness (QED) is 0.695. The van der Waals surface area contributed by atoms with Crippen LogP contribution in [0.2, 0.25) is 0 Å². The van der Waals surface area contributed by atoms with Crippen molar-refractivity contribution in [3.8, 4) is 0 Å². The van der Waals surface area contributed by atoms with Crippen molar-refractivity contribution in [2.24, 2.45) is 0 Å². The van der Waals surface area contributed by atoms with Crippen LogP contribution in [0.1, 0.15) is 36.6 Å². The Morgan fingerprint density at radius 3 is 3.05 bits per heavy atom. The van der Waals surface area contributed by atoms with Crippen molar-refractivity contribution in [2.75, 3.05) is 0 Å². The molecule has 1 fully saturated rings. The second-order valence-electron chi connectivity index (χ2n) is 5.03. The minimum atomic E-state index is -0.782. The number of hydrogen-bond acceptors (Lipinski definition) is 4. The summed E-state index contributed by atoms with van der Waals surface area (Å²) in [4.78, 5) is 34.3. The minimum Gasteiger partial charge on any atom is -0.469 e. The molecule has 7 nitrogen and oxygen atoms in total. The summed E-state index contributed by atoms with van der Waals surface area (Å²) in [5.41, 5.74) is 1.00. The van der Waals surface area contributed by atoms with Gasteiger partial charge < -0.3 is 15.1 Å². The van der Waals surface area contributed by atoms with E-state index in [9.17, 15) is 14.4 Å². The van der Waals surface area contributed by atoms with E-state index < -0.39 is 18.0 Å². The molecule has 0 saturated carbocycles. The second-order valence-corrected chi connectivity index (χ2v) is 5.03. The van der Waals surface area contributed by atoms with Crippen molar-refractivity contribution in [1.82, 2.24) is 16.0 Å². The van der Waals surface area contributed by atoms with Gasteiger partial charge in [-0.1, -0.05) is 0 Å². The van der Waals surface area contributed by atoms with Gasteiger partial charge in [0.1, 0.15) is 11.8 Å². The van der Waals surface area contributed by atoms with E-state index >= 15 is 0 Å². The number of furan rings is 1. The third-order valence-corrected chi connectivity index (χ3v) is 3.64. The first kappa shape index (κ1) is 12.7. The molecule has 0 aromatic carbocycles. The molecule has 1 aliphatic heterocycles. The molecular formula is C13H15N3O4. The number of rotatable bonds is 3. The number of nitrogens with one attached hydrogen (secondary N) is 3. The molecule has 20 heavy (non-hydrogen) atoms. The third kappa shape index (κ3) is 2.38. The Bertz CT molecular complexity index is 566. The summed E-state index contributed by atoms with van der Waals surface area (Å²) in [6, 6.07) is 0.450. The Balaban J connectivity index is 1.60. The molecule has 0 spiro atoms. The van der Waals surface area contributed by atoms with E-state index in [1.807, 2.05) is 6.07 Å². The molecular weight excluding hydrogens is 262 g/mol. The summed E-state index contributed by atoms with van der Waals surface area (Å²) in [6.45, 7) is 0. The molecule has 2 heterocycles. The normalized spacial score (nSPS) is 24.8. The molecule has 1 saturated heterocycles. The minimum absolute atomic E-state index is 0.0543. The van der Waals surface area contributed by atoms with E-state index in [0.717, 1.165) is 30.6 Å². The van der Waals surface area contributed by atoms with Crippen LogP contribution in [0.15, 0.2) is 16.7 Å². The highest BCUT2D eigenvalue weighted by Gasteiger charge is 2.32. The predicted molar refractivity (Wildman–Crippen MR) is 67.6 cm³/mol. The standard InChI is InChI=1S/C13H15N3O4/c17-11(6-9-12(18)16-13(19)15-9)14-8-2-1-3-10-7(8)4-5-20-10/h4-5,8-9H,1-3,6H2,(H,14,17)(H2,15,16,18,19)/t8-,9-/m0/s1. The van der Waals surface area contributed by atoms with Crippen LogP contribution < -0.4 is 16.0 Å². The molecule has 0 radical (unpaired) electrons. The molecule has 4 amide bonds. The zero-order valence-electron chi connectivity index (χ0n) is 10.8. The van der Waals surface area contributed by atoms with E-state index in [1.54, 1.807) is 6.26 Å². The summed E-state index contributed by atoms with van der Waals surface area (Å²) in [5, 5.41) is 7.40. The molecule has 1 aromatic rings. The molecule has 3 N–H and O–H groups in total. The zero-order valence-corrected chi connectivity index (χ0v) is 10.8. The Kier molecular flexibility index (Phi) is 3.17. The molecule has 7 heteroatoms. The smallest absolute Gasteiger partial charge is 0.322 e. The first-order valence-corrected chi connectivity index (χ1v) is 6.60. The molecule has 2 atom stereocenters. The van der Waals surface area contributed by atoms with Crippen LogP contribution in [-0.4, -0.2) is 23.9 Å². The maximum absolute atomic E-state index is 12.0. The average molecular weight is 277 g/mol. The maximum Gasteiger partial charge on any atom is 0.322 e. The number of amides is 4.